The Morgan fingerprint density at radius 1 is 1.47 bits per heavy atom. The lowest BCUT2D eigenvalue weighted by atomic mass is 10.1. The minimum absolute atomic E-state index is 0.0906. The van der Waals surface area contributed by atoms with Crippen LogP contribution in [0.4, 0.5) is 5.69 Å². The molecular formula is C11H14N2O4. The highest BCUT2D eigenvalue weighted by molar-refractivity contribution is 5.95. The summed E-state index contributed by atoms with van der Waals surface area (Å²) >= 11 is 0. The van der Waals surface area contributed by atoms with E-state index in [4.69, 9.17) is 0 Å². The number of nitro benzene ring substituents is 1. The molecule has 0 heterocycles. The Bertz CT molecular complexity index is 431. The van der Waals surface area contributed by atoms with Crippen LogP contribution in [0, 0.1) is 10.1 Å². The number of carbonyl (C=O) groups is 1. The summed E-state index contributed by atoms with van der Waals surface area (Å²) in [6.45, 7) is 2.50. The van der Waals surface area contributed by atoms with Crippen LogP contribution in [0.15, 0.2) is 18.2 Å². The number of carbonyl (C=O) groups excluding carboxylic acids is 1. The molecule has 1 aromatic rings. The molecule has 1 aromatic carbocycles. The van der Waals surface area contributed by atoms with Gasteiger partial charge in [-0.2, -0.15) is 0 Å². The average molecular weight is 238 g/mol. The summed E-state index contributed by atoms with van der Waals surface area (Å²) in [6, 6.07) is 3.35. The summed E-state index contributed by atoms with van der Waals surface area (Å²) in [5.74, 6) is -0.711. The fourth-order valence-electron chi connectivity index (χ4n) is 1.31. The summed E-state index contributed by atoms with van der Waals surface area (Å²) in [5.41, 5.74) is -0.210. The molecule has 0 radical (unpaired) electrons. The van der Waals surface area contributed by atoms with E-state index < -0.39 is 10.8 Å². The summed E-state index contributed by atoms with van der Waals surface area (Å²) in [7, 11) is 0. The Morgan fingerprint density at radius 3 is 2.76 bits per heavy atom. The number of unbranched alkanes of at least 4 members (excludes halogenated alkanes) is 1. The van der Waals surface area contributed by atoms with Crippen LogP contribution in [0.3, 0.4) is 0 Å². The Hall–Kier alpha value is -2.11. The van der Waals surface area contributed by atoms with Gasteiger partial charge in [0.2, 0.25) is 0 Å². The van der Waals surface area contributed by atoms with Crippen molar-refractivity contribution in [2.24, 2.45) is 0 Å². The second-order valence-electron chi connectivity index (χ2n) is 3.60. The first-order valence-corrected chi connectivity index (χ1v) is 5.31. The van der Waals surface area contributed by atoms with Crippen molar-refractivity contribution in [1.82, 2.24) is 5.32 Å². The van der Waals surface area contributed by atoms with Crippen molar-refractivity contribution >= 4 is 11.6 Å². The van der Waals surface area contributed by atoms with Crippen LogP contribution in [0.25, 0.3) is 0 Å². The van der Waals surface area contributed by atoms with E-state index in [1.54, 1.807) is 0 Å². The Labute approximate surface area is 98.4 Å². The van der Waals surface area contributed by atoms with Crippen LogP contribution in [-0.2, 0) is 0 Å². The normalized spacial score (nSPS) is 9.94. The number of amides is 1. The molecule has 0 aliphatic heterocycles. The van der Waals surface area contributed by atoms with Gasteiger partial charge in [0.1, 0.15) is 5.75 Å². The molecule has 6 nitrogen and oxygen atoms in total. The number of phenols is 1. The van der Waals surface area contributed by atoms with Crippen LogP contribution in [0.5, 0.6) is 5.75 Å². The third kappa shape index (κ3) is 3.75. The molecule has 17 heavy (non-hydrogen) atoms. The van der Waals surface area contributed by atoms with Gasteiger partial charge in [-0.05, 0) is 12.5 Å². The van der Waals surface area contributed by atoms with Crippen molar-refractivity contribution in [3.05, 3.63) is 33.9 Å². The number of aromatic hydroxyl groups is 1. The zero-order chi connectivity index (χ0) is 12.8. The second-order valence-corrected chi connectivity index (χ2v) is 3.60. The number of nitrogens with one attached hydrogen (secondary N) is 1. The van der Waals surface area contributed by atoms with Crippen LogP contribution >= 0.6 is 0 Å². The van der Waals surface area contributed by atoms with E-state index >= 15 is 0 Å². The minimum Gasteiger partial charge on any atom is -0.508 e. The number of hydrogen-bond donors (Lipinski definition) is 2. The zero-order valence-electron chi connectivity index (χ0n) is 9.47. The van der Waals surface area contributed by atoms with Gasteiger partial charge in [-0.25, -0.2) is 0 Å². The molecule has 0 saturated heterocycles. The molecule has 0 spiro atoms. The molecule has 1 rings (SSSR count). The molecule has 6 heteroatoms. The van der Waals surface area contributed by atoms with Crippen molar-refractivity contribution in [2.75, 3.05) is 6.54 Å². The number of nitrogens with zero attached hydrogens (tertiary/aromatic N) is 1. The number of hydrogen-bond acceptors (Lipinski definition) is 4. The number of nitro groups is 1. The number of phenolic OH excluding ortho intramolecular Hbond substituents is 1. The van der Waals surface area contributed by atoms with E-state index in [0.717, 1.165) is 25.0 Å². The third-order valence-electron chi connectivity index (χ3n) is 2.19. The van der Waals surface area contributed by atoms with Gasteiger partial charge in [0.15, 0.2) is 0 Å². The molecule has 0 saturated carbocycles. The summed E-state index contributed by atoms with van der Waals surface area (Å²) in [6.07, 6.45) is 1.78. The van der Waals surface area contributed by atoms with Crippen LogP contribution in [0.1, 0.15) is 30.1 Å². The quantitative estimate of drug-likeness (QED) is 0.465. The Kier molecular flexibility index (Phi) is 4.45. The van der Waals surface area contributed by atoms with Gasteiger partial charge < -0.3 is 10.4 Å². The molecule has 0 fully saturated rings. The fraction of sp³-hybridized carbons (Fsp3) is 0.364. The summed E-state index contributed by atoms with van der Waals surface area (Å²) in [4.78, 5) is 21.5. The molecule has 0 bridgehead atoms. The Balaban J connectivity index is 2.82. The van der Waals surface area contributed by atoms with Crippen molar-refractivity contribution in [3.8, 4) is 5.75 Å². The molecule has 0 unspecified atom stereocenters. The van der Waals surface area contributed by atoms with Crippen LogP contribution in [-0.4, -0.2) is 22.5 Å². The topological polar surface area (TPSA) is 92.5 Å². The molecule has 1 amide bonds. The van der Waals surface area contributed by atoms with Gasteiger partial charge in [0.05, 0.1) is 11.0 Å². The van der Waals surface area contributed by atoms with Gasteiger partial charge in [-0.15, -0.1) is 0 Å². The monoisotopic (exact) mass is 238 g/mol. The van der Waals surface area contributed by atoms with Crippen LogP contribution < -0.4 is 5.32 Å². The smallest absolute Gasteiger partial charge is 0.273 e. The van der Waals surface area contributed by atoms with Gasteiger partial charge >= 0.3 is 0 Å². The molecule has 0 atom stereocenters. The highest BCUT2D eigenvalue weighted by atomic mass is 16.6. The maximum Gasteiger partial charge on any atom is 0.273 e. The number of benzene rings is 1. The third-order valence-corrected chi connectivity index (χ3v) is 2.19. The molecule has 0 aliphatic carbocycles. The SMILES string of the molecule is CCCCNC(=O)c1cc(O)cc([N+](=O)[O-])c1. The van der Waals surface area contributed by atoms with E-state index in [0.29, 0.717) is 6.54 Å². The first-order valence-electron chi connectivity index (χ1n) is 5.31. The largest absolute Gasteiger partial charge is 0.508 e. The maximum atomic E-state index is 11.6. The van der Waals surface area contributed by atoms with Gasteiger partial charge in [0.25, 0.3) is 11.6 Å². The second kappa shape index (κ2) is 5.83. The highest BCUT2D eigenvalue weighted by Crippen LogP contribution is 2.21. The van der Waals surface area contributed by atoms with E-state index in [2.05, 4.69) is 5.32 Å². The van der Waals surface area contributed by atoms with E-state index in [1.807, 2.05) is 6.92 Å². The summed E-state index contributed by atoms with van der Waals surface area (Å²) in [5, 5.41) is 22.5. The lowest BCUT2D eigenvalue weighted by Crippen LogP contribution is -2.24. The zero-order valence-corrected chi connectivity index (χ0v) is 9.47. The van der Waals surface area contributed by atoms with Gasteiger partial charge in [0, 0.05) is 18.2 Å². The molecule has 0 aromatic heterocycles. The minimum atomic E-state index is -0.650. The Morgan fingerprint density at radius 2 is 2.18 bits per heavy atom. The van der Waals surface area contributed by atoms with Crippen molar-refractivity contribution in [2.45, 2.75) is 19.8 Å². The van der Waals surface area contributed by atoms with Gasteiger partial charge in [-0.1, -0.05) is 13.3 Å². The highest BCUT2D eigenvalue weighted by Gasteiger charge is 2.13. The molecule has 2 N–H and O–H groups in total. The molecule has 0 aliphatic rings. The fourth-order valence-corrected chi connectivity index (χ4v) is 1.31. The van der Waals surface area contributed by atoms with Gasteiger partial charge in [-0.3, -0.25) is 14.9 Å². The lowest BCUT2D eigenvalue weighted by molar-refractivity contribution is -0.385. The predicted octanol–water partition coefficient (Wildman–Crippen LogP) is 1.83. The molecule has 92 valence electrons. The predicted molar refractivity (Wildman–Crippen MR) is 62.0 cm³/mol. The van der Waals surface area contributed by atoms with E-state index in [1.165, 1.54) is 6.07 Å². The number of rotatable bonds is 5. The maximum absolute atomic E-state index is 11.6. The first-order chi connectivity index (χ1) is 8.04. The van der Waals surface area contributed by atoms with Crippen LogP contribution in [0.2, 0.25) is 0 Å². The number of non-ortho nitro benzene ring substituents is 1. The molecular weight excluding hydrogens is 224 g/mol. The van der Waals surface area contributed by atoms with Crippen molar-refractivity contribution in [3.63, 3.8) is 0 Å². The van der Waals surface area contributed by atoms with E-state index in [-0.39, 0.29) is 17.0 Å². The standard InChI is InChI=1S/C11H14N2O4/c1-2-3-4-12-11(15)8-5-9(13(16)17)7-10(14)6-8/h5-7,14H,2-4H2,1H3,(H,12,15). The van der Waals surface area contributed by atoms with Crippen molar-refractivity contribution < 1.29 is 14.8 Å². The average Bonchev–Trinajstić information content (AvgIpc) is 2.28. The summed E-state index contributed by atoms with van der Waals surface area (Å²) < 4.78 is 0. The van der Waals surface area contributed by atoms with E-state index in [9.17, 15) is 20.0 Å². The van der Waals surface area contributed by atoms with Crippen molar-refractivity contribution in [1.29, 1.82) is 0 Å². The first kappa shape index (κ1) is 13.0. The lowest BCUT2D eigenvalue weighted by Gasteiger charge is -2.04.